The van der Waals surface area contributed by atoms with Gasteiger partial charge < -0.3 is 5.11 Å². The lowest BCUT2D eigenvalue weighted by atomic mass is 9.86. The van der Waals surface area contributed by atoms with Crippen LogP contribution in [0, 0.1) is 5.92 Å². The van der Waals surface area contributed by atoms with Crippen molar-refractivity contribution in [2.75, 3.05) is 0 Å². The number of hydrogen-bond donors (Lipinski definition) is 1. The summed E-state index contributed by atoms with van der Waals surface area (Å²) in [4.78, 5) is 13.2. The molecule has 0 spiro atoms. The first kappa shape index (κ1) is 15.4. The molecule has 2 rings (SSSR count). The first-order valence-electron chi connectivity index (χ1n) is 7.11. The van der Waals surface area contributed by atoms with Gasteiger partial charge in [-0.3, -0.25) is 4.99 Å². The van der Waals surface area contributed by atoms with Crippen LogP contribution in [-0.2, 0) is 12.8 Å². The highest BCUT2D eigenvalue weighted by Crippen LogP contribution is 2.27. The fourth-order valence-corrected chi connectivity index (χ4v) is 3.01. The zero-order valence-electron chi connectivity index (χ0n) is 12.5. The molecular formula is C15H22ClN3O. The van der Waals surface area contributed by atoms with Gasteiger partial charge in [0.25, 0.3) is 0 Å². The zero-order valence-corrected chi connectivity index (χ0v) is 13.3. The van der Waals surface area contributed by atoms with Gasteiger partial charge in [0.15, 0.2) is 0 Å². The van der Waals surface area contributed by atoms with Crippen LogP contribution >= 0.6 is 11.6 Å². The molecule has 5 heteroatoms. The third-order valence-corrected chi connectivity index (χ3v) is 3.86. The Morgan fingerprint density at radius 2 is 2.15 bits per heavy atom. The standard InChI is InChI=1S/C15H22ClN3O/c1-5-11-10-8-17-12(9(2)7-15(3,4)20)6-13(10)19-14(16)18-11/h8-9,12,20H,5-7H2,1-4H3. The van der Waals surface area contributed by atoms with Gasteiger partial charge in [-0.2, -0.15) is 0 Å². The number of halogens is 1. The number of aromatic nitrogens is 2. The molecule has 1 aliphatic rings. The van der Waals surface area contributed by atoms with Crippen LogP contribution in [0.4, 0.5) is 0 Å². The van der Waals surface area contributed by atoms with Crippen LogP contribution in [0.3, 0.4) is 0 Å². The lowest BCUT2D eigenvalue weighted by molar-refractivity contribution is 0.0511. The average Bonchev–Trinajstić information content (AvgIpc) is 2.34. The van der Waals surface area contributed by atoms with Gasteiger partial charge in [0.2, 0.25) is 5.28 Å². The number of hydrogen-bond acceptors (Lipinski definition) is 4. The van der Waals surface area contributed by atoms with E-state index in [4.69, 9.17) is 11.6 Å². The van der Waals surface area contributed by atoms with Gasteiger partial charge in [-0.15, -0.1) is 0 Å². The molecular weight excluding hydrogens is 274 g/mol. The van der Waals surface area contributed by atoms with Crippen molar-refractivity contribution in [3.63, 3.8) is 0 Å². The summed E-state index contributed by atoms with van der Waals surface area (Å²) in [6.45, 7) is 7.83. The minimum atomic E-state index is -0.674. The van der Waals surface area contributed by atoms with Crippen LogP contribution in [0.5, 0.6) is 0 Å². The molecule has 0 saturated carbocycles. The van der Waals surface area contributed by atoms with E-state index in [0.717, 1.165) is 29.8 Å². The highest BCUT2D eigenvalue weighted by Gasteiger charge is 2.27. The molecule has 0 bridgehead atoms. The molecule has 4 nitrogen and oxygen atoms in total. The van der Waals surface area contributed by atoms with Gasteiger partial charge in [0.05, 0.1) is 23.0 Å². The highest BCUT2D eigenvalue weighted by molar-refractivity contribution is 6.28. The summed E-state index contributed by atoms with van der Waals surface area (Å²) < 4.78 is 0. The largest absolute Gasteiger partial charge is 0.390 e. The lowest BCUT2D eigenvalue weighted by Crippen LogP contribution is -2.31. The summed E-state index contributed by atoms with van der Waals surface area (Å²) in [5.74, 6) is 0.290. The van der Waals surface area contributed by atoms with Crippen molar-refractivity contribution in [2.24, 2.45) is 10.9 Å². The second-order valence-electron chi connectivity index (χ2n) is 6.20. The van der Waals surface area contributed by atoms with Crippen LogP contribution in [-0.4, -0.2) is 32.9 Å². The number of nitrogens with zero attached hydrogens (tertiary/aromatic N) is 3. The van der Waals surface area contributed by atoms with Crippen LogP contribution in [0.15, 0.2) is 4.99 Å². The third kappa shape index (κ3) is 3.55. The van der Waals surface area contributed by atoms with E-state index < -0.39 is 5.60 Å². The number of rotatable bonds is 4. The molecule has 2 heterocycles. The Kier molecular flexibility index (Phi) is 4.45. The van der Waals surface area contributed by atoms with E-state index in [9.17, 15) is 5.11 Å². The predicted octanol–water partition coefficient (Wildman–Crippen LogP) is 2.83. The van der Waals surface area contributed by atoms with Gasteiger partial charge in [-0.05, 0) is 44.2 Å². The SMILES string of the molecule is CCc1nc(Cl)nc2c1C=NC(C(C)CC(C)(C)O)C2. The van der Waals surface area contributed by atoms with Crippen molar-refractivity contribution in [3.05, 3.63) is 22.2 Å². The Hall–Kier alpha value is -1.00. The van der Waals surface area contributed by atoms with Crippen molar-refractivity contribution < 1.29 is 5.11 Å². The second kappa shape index (κ2) is 5.78. The maximum absolute atomic E-state index is 9.94. The third-order valence-electron chi connectivity index (χ3n) is 3.69. The molecule has 1 aliphatic heterocycles. The van der Waals surface area contributed by atoms with Gasteiger partial charge in [0, 0.05) is 18.2 Å². The van der Waals surface area contributed by atoms with E-state index in [2.05, 4.69) is 28.8 Å². The molecule has 2 unspecified atom stereocenters. The Labute approximate surface area is 125 Å². The van der Waals surface area contributed by atoms with E-state index in [-0.39, 0.29) is 6.04 Å². The zero-order chi connectivity index (χ0) is 14.9. The number of aliphatic hydroxyl groups is 1. The van der Waals surface area contributed by atoms with E-state index in [0.29, 0.717) is 17.6 Å². The maximum atomic E-state index is 9.94. The van der Waals surface area contributed by atoms with Crippen LogP contribution < -0.4 is 0 Å². The van der Waals surface area contributed by atoms with E-state index in [1.165, 1.54) is 0 Å². The highest BCUT2D eigenvalue weighted by atomic mass is 35.5. The van der Waals surface area contributed by atoms with Crippen molar-refractivity contribution in [1.82, 2.24) is 9.97 Å². The summed E-state index contributed by atoms with van der Waals surface area (Å²) in [5.41, 5.74) is 2.28. The summed E-state index contributed by atoms with van der Waals surface area (Å²) >= 11 is 5.99. The van der Waals surface area contributed by atoms with Gasteiger partial charge in [-0.1, -0.05) is 13.8 Å². The summed E-state index contributed by atoms with van der Waals surface area (Å²) in [7, 11) is 0. The fraction of sp³-hybridized carbons (Fsp3) is 0.667. The van der Waals surface area contributed by atoms with Crippen LogP contribution in [0.2, 0.25) is 5.28 Å². The number of fused-ring (bicyclic) bond motifs is 1. The van der Waals surface area contributed by atoms with Gasteiger partial charge in [0.1, 0.15) is 0 Å². The molecule has 20 heavy (non-hydrogen) atoms. The molecule has 1 aromatic heterocycles. The topological polar surface area (TPSA) is 58.4 Å². The van der Waals surface area contributed by atoms with Crippen molar-refractivity contribution >= 4 is 17.8 Å². The molecule has 2 atom stereocenters. The molecule has 1 N–H and O–H groups in total. The molecule has 0 fully saturated rings. The molecule has 0 radical (unpaired) electrons. The summed E-state index contributed by atoms with van der Waals surface area (Å²) in [6.07, 6.45) is 4.17. The molecule has 0 saturated heterocycles. The van der Waals surface area contributed by atoms with Gasteiger partial charge >= 0.3 is 0 Å². The minimum Gasteiger partial charge on any atom is -0.390 e. The molecule has 0 aliphatic carbocycles. The van der Waals surface area contributed by atoms with Crippen LogP contribution in [0.1, 0.15) is 51.1 Å². The molecule has 1 aromatic rings. The van der Waals surface area contributed by atoms with Gasteiger partial charge in [-0.25, -0.2) is 9.97 Å². The Bertz CT molecular complexity index is 523. The van der Waals surface area contributed by atoms with E-state index >= 15 is 0 Å². The maximum Gasteiger partial charge on any atom is 0.222 e. The molecule has 110 valence electrons. The number of aliphatic imine (C=N–C) groups is 1. The lowest BCUT2D eigenvalue weighted by Gasteiger charge is -2.29. The van der Waals surface area contributed by atoms with E-state index in [1.54, 1.807) is 0 Å². The Morgan fingerprint density at radius 1 is 1.45 bits per heavy atom. The van der Waals surface area contributed by atoms with E-state index in [1.807, 2.05) is 20.1 Å². The minimum absolute atomic E-state index is 0.143. The average molecular weight is 296 g/mol. The van der Waals surface area contributed by atoms with Crippen LogP contribution in [0.25, 0.3) is 0 Å². The van der Waals surface area contributed by atoms with Crippen molar-refractivity contribution in [2.45, 2.75) is 58.6 Å². The van der Waals surface area contributed by atoms with Crippen molar-refractivity contribution in [3.8, 4) is 0 Å². The summed E-state index contributed by atoms with van der Waals surface area (Å²) in [6, 6.07) is 0.143. The normalized spacial score (nSPS) is 19.8. The Balaban J connectivity index is 2.22. The summed E-state index contributed by atoms with van der Waals surface area (Å²) in [5, 5.41) is 10.3. The fourth-order valence-electron chi connectivity index (χ4n) is 2.80. The smallest absolute Gasteiger partial charge is 0.222 e. The monoisotopic (exact) mass is 295 g/mol. The quantitative estimate of drug-likeness (QED) is 0.869. The number of aryl methyl sites for hydroxylation is 1. The molecule has 0 aromatic carbocycles. The second-order valence-corrected chi connectivity index (χ2v) is 6.53. The molecule has 0 amide bonds. The predicted molar refractivity (Wildman–Crippen MR) is 81.6 cm³/mol. The van der Waals surface area contributed by atoms with Crippen molar-refractivity contribution in [1.29, 1.82) is 0 Å². The first-order chi connectivity index (χ1) is 9.30. The Morgan fingerprint density at radius 3 is 2.75 bits per heavy atom. The first-order valence-corrected chi connectivity index (χ1v) is 7.49.